The molecule has 0 saturated heterocycles. The van der Waals surface area contributed by atoms with E-state index in [0.29, 0.717) is 28.3 Å². The molecule has 28 heavy (non-hydrogen) atoms. The third-order valence-electron chi connectivity index (χ3n) is 3.99. The molecule has 0 fully saturated rings. The molecule has 0 saturated carbocycles. The smallest absolute Gasteiger partial charge is 0.270 e. The van der Waals surface area contributed by atoms with Gasteiger partial charge in [-0.15, -0.1) is 0 Å². The molecule has 1 N–H and O–H groups in total. The average molecular weight is 376 g/mol. The van der Waals surface area contributed by atoms with Crippen molar-refractivity contribution in [2.75, 3.05) is 12.4 Å². The fourth-order valence-electron chi connectivity index (χ4n) is 2.60. The lowest BCUT2D eigenvalue weighted by molar-refractivity contribution is -0.123. The summed E-state index contributed by atoms with van der Waals surface area (Å²) in [5, 5.41) is 11.8. The van der Waals surface area contributed by atoms with Crippen molar-refractivity contribution in [3.05, 3.63) is 89.7 Å². The Balaban J connectivity index is 1.91. The van der Waals surface area contributed by atoms with Crippen LogP contribution in [0, 0.1) is 17.1 Å². The number of methoxy groups -OCH3 is 1. The molecule has 6 heteroatoms. The number of nitrogens with zero attached hydrogens (tertiary/aromatic N) is 1. The number of carbonyl (C=O) groups excluding carboxylic acids is 1. The molecule has 0 aromatic heterocycles. The fraction of sp³-hybridized carbons (Fsp3) is 0.0909. The number of hydrogen-bond acceptors (Lipinski definition) is 4. The molecule has 0 spiro atoms. The monoisotopic (exact) mass is 376 g/mol. The Bertz CT molecular complexity index is 999. The number of ether oxygens (including phenoxy) is 2. The summed E-state index contributed by atoms with van der Waals surface area (Å²) in [6.45, 7) is 0. The fourth-order valence-corrected chi connectivity index (χ4v) is 2.60. The predicted molar refractivity (Wildman–Crippen MR) is 103 cm³/mol. The van der Waals surface area contributed by atoms with E-state index in [1.54, 1.807) is 36.4 Å². The minimum absolute atomic E-state index is 0.324. The van der Waals surface area contributed by atoms with E-state index in [4.69, 9.17) is 14.7 Å². The standard InChI is InChI=1S/C22H17FN2O3/c1-27-20-13-15(14-24)7-12-19(20)28-21(16-5-3-2-4-6-16)22(26)25-18-10-8-17(23)9-11-18/h2-13,21H,1H3,(H,25,26)/t21-/m0/s1. The van der Waals surface area contributed by atoms with Gasteiger partial charge < -0.3 is 14.8 Å². The summed E-state index contributed by atoms with van der Waals surface area (Å²) in [4.78, 5) is 12.9. The highest BCUT2D eigenvalue weighted by molar-refractivity contribution is 5.95. The van der Waals surface area contributed by atoms with Crippen LogP contribution >= 0.6 is 0 Å². The molecule has 0 aliphatic heterocycles. The minimum atomic E-state index is -0.979. The lowest BCUT2D eigenvalue weighted by Gasteiger charge is -2.20. The minimum Gasteiger partial charge on any atom is -0.493 e. The third kappa shape index (κ3) is 4.46. The molecule has 0 aliphatic rings. The number of hydrogen-bond donors (Lipinski definition) is 1. The molecule has 3 aromatic rings. The van der Waals surface area contributed by atoms with Gasteiger partial charge in [-0.05, 0) is 36.4 Å². The van der Waals surface area contributed by atoms with E-state index in [9.17, 15) is 9.18 Å². The Morgan fingerprint density at radius 3 is 2.39 bits per heavy atom. The van der Waals surface area contributed by atoms with Gasteiger partial charge in [0.25, 0.3) is 5.91 Å². The van der Waals surface area contributed by atoms with Gasteiger partial charge in [-0.2, -0.15) is 5.26 Å². The first-order valence-corrected chi connectivity index (χ1v) is 8.47. The zero-order valence-corrected chi connectivity index (χ0v) is 15.1. The molecule has 140 valence electrons. The van der Waals surface area contributed by atoms with Crippen LogP contribution in [-0.4, -0.2) is 13.0 Å². The van der Waals surface area contributed by atoms with Crippen molar-refractivity contribution >= 4 is 11.6 Å². The molecule has 0 heterocycles. The van der Waals surface area contributed by atoms with Crippen LogP contribution in [0.1, 0.15) is 17.2 Å². The summed E-state index contributed by atoms with van der Waals surface area (Å²) in [6, 6.07) is 21.2. The van der Waals surface area contributed by atoms with E-state index in [2.05, 4.69) is 5.32 Å². The largest absolute Gasteiger partial charge is 0.493 e. The number of amides is 1. The summed E-state index contributed by atoms with van der Waals surface area (Å²) in [5.41, 5.74) is 1.49. The summed E-state index contributed by atoms with van der Waals surface area (Å²) < 4.78 is 24.4. The number of carbonyl (C=O) groups is 1. The number of benzene rings is 3. The second-order valence-electron chi connectivity index (χ2n) is 5.88. The van der Waals surface area contributed by atoms with E-state index in [1.807, 2.05) is 12.1 Å². The quantitative estimate of drug-likeness (QED) is 0.689. The number of anilines is 1. The van der Waals surface area contributed by atoms with Crippen LogP contribution in [0.5, 0.6) is 11.5 Å². The summed E-state index contributed by atoms with van der Waals surface area (Å²) >= 11 is 0. The molecule has 0 radical (unpaired) electrons. The van der Waals surface area contributed by atoms with Gasteiger partial charge >= 0.3 is 0 Å². The van der Waals surface area contributed by atoms with Gasteiger partial charge in [-0.25, -0.2) is 4.39 Å². The molecular weight excluding hydrogens is 359 g/mol. The molecule has 5 nitrogen and oxygen atoms in total. The Labute approximate surface area is 162 Å². The van der Waals surface area contributed by atoms with Gasteiger partial charge in [0.2, 0.25) is 6.10 Å². The predicted octanol–water partition coefficient (Wildman–Crippen LogP) is 4.46. The van der Waals surface area contributed by atoms with Crippen molar-refractivity contribution in [3.63, 3.8) is 0 Å². The van der Waals surface area contributed by atoms with Crippen LogP contribution in [0.2, 0.25) is 0 Å². The van der Waals surface area contributed by atoms with Crippen LogP contribution < -0.4 is 14.8 Å². The van der Waals surface area contributed by atoms with Gasteiger partial charge in [0.1, 0.15) is 5.82 Å². The topological polar surface area (TPSA) is 71.3 Å². The first-order valence-electron chi connectivity index (χ1n) is 8.47. The van der Waals surface area contributed by atoms with Crippen LogP contribution in [0.25, 0.3) is 0 Å². The van der Waals surface area contributed by atoms with Gasteiger partial charge in [0, 0.05) is 17.3 Å². The van der Waals surface area contributed by atoms with Crippen LogP contribution in [0.3, 0.4) is 0 Å². The second kappa shape index (κ2) is 8.69. The first kappa shape index (κ1) is 18.9. The van der Waals surface area contributed by atoms with Crippen LogP contribution in [0.15, 0.2) is 72.8 Å². The highest BCUT2D eigenvalue weighted by atomic mass is 19.1. The lowest BCUT2D eigenvalue weighted by atomic mass is 10.1. The van der Waals surface area contributed by atoms with E-state index < -0.39 is 17.8 Å². The maximum atomic E-state index is 13.1. The van der Waals surface area contributed by atoms with Crippen molar-refractivity contribution in [2.45, 2.75) is 6.10 Å². The molecule has 1 atom stereocenters. The highest BCUT2D eigenvalue weighted by Crippen LogP contribution is 2.32. The van der Waals surface area contributed by atoms with E-state index in [-0.39, 0.29) is 0 Å². The van der Waals surface area contributed by atoms with Crippen molar-refractivity contribution in [2.24, 2.45) is 0 Å². The third-order valence-corrected chi connectivity index (χ3v) is 3.99. The highest BCUT2D eigenvalue weighted by Gasteiger charge is 2.24. The Kier molecular flexibility index (Phi) is 5.87. The maximum Gasteiger partial charge on any atom is 0.270 e. The van der Waals surface area contributed by atoms with E-state index in [1.165, 1.54) is 37.4 Å². The normalized spacial score (nSPS) is 11.2. The Morgan fingerprint density at radius 1 is 1.04 bits per heavy atom. The molecule has 3 aromatic carbocycles. The van der Waals surface area contributed by atoms with Crippen molar-refractivity contribution in [1.29, 1.82) is 5.26 Å². The Morgan fingerprint density at radius 2 is 1.75 bits per heavy atom. The van der Waals surface area contributed by atoms with Crippen molar-refractivity contribution in [1.82, 2.24) is 0 Å². The maximum absolute atomic E-state index is 13.1. The molecule has 0 unspecified atom stereocenters. The molecular formula is C22H17FN2O3. The summed E-state index contributed by atoms with van der Waals surface area (Å²) in [6.07, 6.45) is -0.979. The van der Waals surface area contributed by atoms with Gasteiger partial charge in [-0.1, -0.05) is 30.3 Å². The van der Waals surface area contributed by atoms with Gasteiger partial charge in [0.15, 0.2) is 11.5 Å². The molecule has 3 rings (SSSR count). The van der Waals surface area contributed by atoms with E-state index >= 15 is 0 Å². The molecule has 0 aliphatic carbocycles. The number of nitriles is 1. The van der Waals surface area contributed by atoms with Crippen molar-refractivity contribution < 1.29 is 18.7 Å². The van der Waals surface area contributed by atoms with Gasteiger partial charge in [-0.3, -0.25) is 4.79 Å². The zero-order chi connectivity index (χ0) is 19.9. The van der Waals surface area contributed by atoms with Crippen LogP contribution in [-0.2, 0) is 4.79 Å². The first-order chi connectivity index (χ1) is 13.6. The summed E-state index contributed by atoms with van der Waals surface area (Å²) in [7, 11) is 1.46. The number of nitrogens with one attached hydrogen (secondary N) is 1. The number of halogens is 1. The van der Waals surface area contributed by atoms with Crippen molar-refractivity contribution in [3.8, 4) is 17.6 Å². The SMILES string of the molecule is COc1cc(C#N)ccc1O[C@H](C(=O)Nc1ccc(F)cc1)c1ccccc1. The van der Waals surface area contributed by atoms with Gasteiger partial charge in [0.05, 0.1) is 18.7 Å². The lowest BCUT2D eigenvalue weighted by Crippen LogP contribution is -2.25. The average Bonchev–Trinajstić information content (AvgIpc) is 2.74. The molecule has 1 amide bonds. The van der Waals surface area contributed by atoms with E-state index in [0.717, 1.165) is 0 Å². The number of rotatable bonds is 6. The summed E-state index contributed by atoms with van der Waals surface area (Å²) in [5.74, 6) is -0.153. The Hall–Kier alpha value is -3.85. The zero-order valence-electron chi connectivity index (χ0n) is 15.1. The molecule has 0 bridgehead atoms. The van der Waals surface area contributed by atoms with Crippen LogP contribution in [0.4, 0.5) is 10.1 Å². The second-order valence-corrected chi connectivity index (χ2v) is 5.88.